The Morgan fingerprint density at radius 2 is 2.00 bits per heavy atom. The lowest BCUT2D eigenvalue weighted by atomic mass is 9.96. The molecule has 1 fully saturated rings. The number of carboxylic acid groups (broad SMARTS) is 1. The van der Waals surface area contributed by atoms with Crippen LogP contribution in [0.1, 0.15) is 27.2 Å². The predicted molar refractivity (Wildman–Crippen MR) is 58.6 cm³/mol. The van der Waals surface area contributed by atoms with Gasteiger partial charge in [0.05, 0.1) is 6.54 Å². The van der Waals surface area contributed by atoms with Gasteiger partial charge < -0.3 is 14.7 Å². The van der Waals surface area contributed by atoms with Crippen molar-refractivity contribution in [1.29, 1.82) is 0 Å². The fourth-order valence-electron chi connectivity index (χ4n) is 1.57. The lowest BCUT2D eigenvalue weighted by Gasteiger charge is -2.31. The summed E-state index contributed by atoms with van der Waals surface area (Å²) < 4.78 is 5.11. The molecule has 0 bridgehead atoms. The van der Waals surface area contributed by atoms with Crippen LogP contribution in [0.5, 0.6) is 0 Å². The smallest absolute Gasteiger partial charge is 0.410 e. The zero-order valence-corrected chi connectivity index (χ0v) is 10.2. The van der Waals surface area contributed by atoms with Crippen LogP contribution in [0.25, 0.3) is 0 Å². The van der Waals surface area contributed by atoms with Crippen LogP contribution in [0, 0.1) is 5.92 Å². The van der Waals surface area contributed by atoms with Gasteiger partial charge in [-0.2, -0.15) is 0 Å². The zero-order chi connectivity index (χ0) is 13.2. The van der Waals surface area contributed by atoms with E-state index in [4.69, 9.17) is 9.84 Å². The first-order chi connectivity index (χ1) is 7.70. The third kappa shape index (κ3) is 3.72. The van der Waals surface area contributed by atoms with Crippen LogP contribution in [0.3, 0.4) is 0 Å². The second-order valence-corrected chi connectivity index (χ2v) is 5.05. The number of amides is 1. The Morgan fingerprint density at radius 3 is 2.41 bits per heavy atom. The number of ether oxygens (including phenoxy) is 1. The molecule has 1 aliphatic rings. The molecule has 0 spiro atoms. The second kappa shape index (κ2) is 4.73. The van der Waals surface area contributed by atoms with E-state index < -0.39 is 29.4 Å². The highest BCUT2D eigenvalue weighted by atomic mass is 16.6. The summed E-state index contributed by atoms with van der Waals surface area (Å²) in [4.78, 5) is 35.1. The van der Waals surface area contributed by atoms with E-state index in [0.717, 1.165) is 0 Å². The van der Waals surface area contributed by atoms with Crippen molar-refractivity contribution in [1.82, 2.24) is 4.90 Å². The summed E-state index contributed by atoms with van der Waals surface area (Å²) in [5.41, 5.74) is -0.621. The van der Waals surface area contributed by atoms with E-state index in [1.807, 2.05) is 0 Å². The highest BCUT2D eigenvalue weighted by Gasteiger charge is 2.35. The van der Waals surface area contributed by atoms with Crippen LogP contribution in [0.4, 0.5) is 4.79 Å². The number of carbonyl (C=O) groups excluding carboxylic acids is 2. The van der Waals surface area contributed by atoms with Crippen LogP contribution in [-0.4, -0.2) is 46.5 Å². The van der Waals surface area contributed by atoms with E-state index in [9.17, 15) is 14.4 Å². The molecule has 1 saturated heterocycles. The SMILES string of the molecule is CC(C)(C)OC(=O)N1CC[C@H](C(=O)O)C(=O)C1. The molecule has 0 unspecified atom stereocenters. The molecule has 0 aromatic carbocycles. The zero-order valence-electron chi connectivity index (χ0n) is 10.2. The molecular formula is C11H17NO5. The van der Waals surface area contributed by atoms with Crippen molar-refractivity contribution in [2.45, 2.75) is 32.8 Å². The van der Waals surface area contributed by atoms with E-state index in [0.29, 0.717) is 0 Å². The Morgan fingerprint density at radius 1 is 1.41 bits per heavy atom. The molecular weight excluding hydrogens is 226 g/mol. The van der Waals surface area contributed by atoms with Crippen LogP contribution < -0.4 is 0 Å². The normalized spacial score (nSPS) is 21.2. The number of aliphatic carboxylic acids is 1. The minimum atomic E-state index is -1.13. The van der Waals surface area contributed by atoms with Crippen LogP contribution in [-0.2, 0) is 14.3 Å². The first kappa shape index (κ1) is 13.5. The summed E-state index contributed by atoms with van der Waals surface area (Å²) in [7, 11) is 0. The highest BCUT2D eigenvalue weighted by Crippen LogP contribution is 2.17. The second-order valence-electron chi connectivity index (χ2n) is 5.05. The van der Waals surface area contributed by atoms with Crippen molar-refractivity contribution in [3.63, 3.8) is 0 Å². The maximum Gasteiger partial charge on any atom is 0.410 e. The first-order valence-electron chi connectivity index (χ1n) is 5.44. The highest BCUT2D eigenvalue weighted by molar-refractivity contribution is 6.00. The van der Waals surface area contributed by atoms with E-state index in [1.54, 1.807) is 20.8 Å². The van der Waals surface area contributed by atoms with E-state index in [2.05, 4.69) is 0 Å². The molecule has 1 aliphatic heterocycles. The fraction of sp³-hybridized carbons (Fsp3) is 0.727. The van der Waals surface area contributed by atoms with Crippen molar-refractivity contribution in [2.75, 3.05) is 13.1 Å². The maximum atomic E-state index is 11.6. The number of hydrogen-bond acceptors (Lipinski definition) is 4. The Bertz CT molecular complexity index is 344. The number of nitrogens with zero attached hydrogens (tertiary/aromatic N) is 1. The van der Waals surface area contributed by atoms with E-state index in [-0.39, 0.29) is 19.5 Å². The Balaban J connectivity index is 2.58. The Kier molecular flexibility index (Phi) is 3.75. The summed E-state index contributed by atoms with van der Waals surface area (Å²) in [5.74, 6) is -2.57. The van der Waals surface area contributed by atoms with Gasteiger partial charge in [0.15, 0.2) is 5.78 Å². The Labute approximate surface area is 99.5 Å². The molecule has 6 heteroatoms. The molecule has 1 heterocycles. The molecule has 0 aromatic rings. The number of likely N-dealkylation sites (tertiary alicyclic amines) is 1. The number of rotatable bonds is 1. The van der Waals surface area contributed by atoms with Crippen molar-refractivity contribution in [2.24, 2.45) is 5.92 Å². The van der Waals surface area contributed by atoms with Crippen molar-refractivity contribution < 1.29 is 24.2 Å². The van der Waals surface area contributed by atoms with E-state index in [1.165, 1.54) is 4.90 Å². The fourth-order valence-corrected chi connectivity index (χ4v) is 1.57. The van der Waals surface area contributed by atoms with Crippen molar-refractivity contribution in [3.8, 4) is 0 Å². The molecule has 0 saturated carbocycles. The average molecular weight is 243 g/mol. The quantitative estimate of drug-likeness (QED) is 0.691. The van der Waals surface area contributed by atoms with Gasteiger partial charge in [-0.1, -0.05) is 0 Å². The molecule has 0 aliphatic carbocycles. The summed E-state index contributed by atoms with van der Waals surface area (Å²) in [5, 5.41) is 8.76. The average Bonchev–Trinajstić information content (AvgIpc) is 2.14. The topological polar surface area (TPSA) is 83.9 Å². The van der Waals surface area contributed by atoms with Gasteiger partial charge in [-0.15, -0.1) is 0 Å². The molecule has 6 nitrogen and oxygen atoms in total. The molecule has 96 valence electrons. The number of hydrogen-bond donors (Lipinski definition) is 1. The Hall–Kier alpha value is -1.59. The predicted octanol–water partition coefficient (Wildman–Crippen LogP) is 0.897. The first-order valence-corrected chi connectivity index (χ1v) is 5.44. The molecule has 1 amide bonds. The molecule has 1 N–H and O–H groups in total. The van der Waals surface area contributed by atoms with Crippen LogP contribution in [0.15, 0.2) is 0 Å². The summed E-state index contributed by atoms with van der Waals surface area (Å²) >= 11 is 0. The van der Waals surface area contributed by atoms with Crippen LogP contribution in [0.2, 0.25) is 0 Å². The van der Waals surface area contributed by atoms with Gasteiger partial charge in [-0.25, -0.2) is 4.79 Å². The summed E-state index contributed by atoms with van der Waals surface area (Å²) in [6, 6.07) is 0. The number of ketones is 1. The molecule has 0 radical (unpaired) electrons. The third-order valence-electron chi connectivity index (χ3n) is 2.37. The lowest BCUT2D eigenvalue weighted by molar-refractivity contribution is -0.148. The van der Waals surface area contributed by atoms with E-state index >= 15 is 0 Å². The molecule has 1 rings (SSSR count). The molecule has 0 aromatic heterocycles. The van der Waals surface area contributed by atoms with Crippen molar-refractivity contribution in [3.05, 3.63) is 0 Å². The lowest BCUT2D eigenvalue weighted by Crippen LogP contribution is -2.47. The number of Topliss-reactive ketones (excluding diaryl/α,β-unsaturated/α-hetero) is 1. The summed E-state index contributed by atoms with van der Waals surface area (Å²) in [6.45, 7) is 5.24. The van der Waals surface area contributed by atoms with Crippen molar-refractivity contribution >= 4 is 17.8 Å². The standard InChI is InChI=1S/C11H17NO5/c1-11(2,3)17-10(16)12-5-4-7(9(14)15)8(13)6-12/h7H,4-6H2,1-3H3,(H,14,15)/t7-/m0/s1. The minimum absolute atomic E-state index is 0.146. The van der Waals surface area contributed by atoms with Crippen LogP contribution >= 0.6 is 0 Å². The minimum Gasteiger partial charge on any atom is -0.481 e. The molecule has 1 atom stereocenters. The third-order valence-corrected chi connectivity index (χ3v) is 2.37. The van der Waals surface area contributed by atoms with Gasteiger partial charge in [-0.3, -0.25) is 9.59 Å². The maximum absolute atomic E-state index is 11.6. The number of carbonyl (C=O) groups is 3. The molecule has 17 heavy (non-hydrogen) atoms. The van der Waals surface area contributed by atoms with Gasteiger partial charge in [0.2, 0.25) is 0 Å². The van der Waals surface area contributed by atoms with Gasteiger partial charge in [-0.05, 0) is 27.2 Å². The number of carboxylic acids is 1. The monoisotopic (exact) mass is 243 g/mol. The van der Waals surface area contributed by atoms with Gasteiger partial charge in [0, 0.05) is 6.54 Å². The van der Waals surface area contributed by atoms with Gasteiger partial charge in [0.1, 0.15) is 11.5 Å². The van der Waals surface area contributed by atoms with Gasteiger partial charge >= 0.3 is 12.1 Å². The largest absolute Gasteiger partial charge is 0.481 e. The van der Waals surface area contributed by atoms with Gasteiger partial charge in [0.25, 0.3) is 0 Å². The summed E-state index contributed by atoms with van der Waals surface area (Å²) in [6.07, 6.45) is -0.428. The number of piperidine rings is 1.